The molecule has 34 heavy (non-hydrogen) atoms. The van der Waals surface area contributed by atoms with Crippen LogP contribution in [0.4, 0.5) is 0 Å². The number of sulfonamides is 1. The molecule has 1 aliphatic heterocycles. The molecule has 1 fully saturated rings. The number of hydrogen-bond donors (Lipinski definition) is 1. The molecule has 0 unspecified atom stereocenters. The third-order valence-electron chi connectivity index (χ3n) is 7.08. The van der Waals surface area contributed by atoms with Gasteiger partial charge >= 0.3 is 0 Å². The minimum absolute atomic E-state index is 0. The van der Waals surface area contributed by atoms with Crippen molar-refractivity contribution < 1.29 is 8.42 Å². The maximum atomic E-state index is 13.2. The fraction of sp³-hybridized carbons (Fsp3) is 0.385. The maximum absolute atomic E-state index is 13.2. The summed E-state index contributed by atoms with van der Waals surface area (Å²) in [4.78, 5) is 2.69. The topological polar surface area (TPSA) is 66.6 Å². The zero-order valence-electron chi connectivity index (χ0n) is 19.1. The Balaban J connectivity index is 0.00000274. The van der Waals surface area contributed by atoms with Crippen LogP contribution in [0, 0.1) is 5.92 Å². The number of hydrogen-bond acceptors (Lipinski definition) is 4. The van der Waals surface area contributed by atoms with Crippen LogP contribution in [-0.2, 0) is 29.4 Å². The zero-order chi connectivity index (χ0) is 23.0. The molecule has 5 nitrogen and oxygen atoms in total. The van der Waals surface area contributed by atoms with E-state index in [0.29, 0.717) is 28.9 Å². The number of piperazine rings is 1. The molecule has 0 bridgehead atoms. The lowest BCUT2D eigenvalue weighted by Gasteiger charge is -2.34. The molecule has 0 spiro atoms. The minimum atomic E-state index is -3.52. The van der Waals surface area contributed by atoms with Crippen molar-refractivity contribution in [3.05, 3.63) is 76.3 Å². The standard InChI is InChI=1S/C26H30ClN3O2S.ClH/c27-25-7-5-24-16-26(8-6-23(24)15-25)33(31,32)30-11-9-29(10-12-30)18-20-2-4-21-13-19(17-28)1-3-22(21)14-20;/h2,4-8,14-16,19H,1,3,9-13,17-18,28H2;1H/t19-;/m0./s1. The van der Waals surface area contributed by atoms with Crippen LogP contribution in [-0.4, -0.2) is 50.3 Å². The van der Waals surface area contributed by atoms with Crippen molar-refractivity contribution in [3.63, 3.8) is 0 Å². The van der Waals surface area contributed by atoms with Crippen molar-refractivity contribution in [1.29, 1.82) is 0 Å². The van der Waals surface area contributed by atoms with Crippen LogP contribution in [0.2, 0.25) is 5.02 Å². The molecule has 3 aromatic carbocycles. The molecular formula is C26H31Cl2N3O2S. The summed E-state index contributed by atoms with van der Waals surface area (Å²) >= 11 is 6.05. The second-order valence-corrected chi connectivity index (χ2v) is 11.7. The van der Waals surface area contributed by atoms with E-state index in [4.69, 9.17) is 17.3 Å². The lowest BCUT2D eigenvalue weighted by molar-refractivity contribution is 0.181. The van der Waals surface area contributed by atoms with Crippen molar-refractivity contribution in [3.8, 4) is 0 Å². The first-order valence-corrected chi connectivity index (χ1v) is 13.5. The first-order valence-electron chi connectivity index (χ1n) is 11.6. The largest absolute Gasteiger partial charge is 0.330 e. The third-order valence-corrected chi connectivity index (χ3v) is 9.21. The summed E-state index contributed by atoms with van der Waals surface area (Å²) < 4.78 is 28.1. The predicted octanol–water partition coefficient (Wildman–Crippen LogP) is 4.49. The second kappa shape index (κ2) is 10.5. The molecule has 1 saturated heterocycles. The van der Waals surface area contributed by atoms with Crippen molar-refractivity contribution >= 4 is 44.8 Å². The monoisotopic (exact) mass is 519 g/mol. The molecule has 3 aromatic rings. The van der Waals surface area contributed by atoms with Gasteiger partial charge in [0.2, 0.25) is 10.0 Å². The summed E-state index contributed by atoms with van der Waals surface area (Å²) in [6, 6.07) is 17.6. The number of rotatable bonds is 5. The highest BCUT2D eigenvalue weighted by molar-refractivity contribution is 7.89. The number of fused-ring (bicyclic) bond motifs is 2. The first kappa shape index (κ1) is 25.4. The van der Waals surface area contributed by atoms with Gasteiger partial charge in [-0.1, -0.05) is 41.9 Å². The van der Waals surface area contributed by atoms with Gasteiger partial charge in [0.1, 0.15) is 0 Å². The smallest absolute Gasteiger partial charge is 0.243 e. The Morgan fingerprint density at radius 2 is 1.65 bits per heavy atom. The molecule has 0 saturated carbocycles. The van der Waals surface area contributed by atoms with E-state index in [1.54, 1.807) is 22.5 Å². The van der Waals surface area contributed by atoms with E-state index in [-0.39, 0.29) is 12.4 Å². The van der Waals surface area contributed by atoms with Crippen molar-refractivity contribution in [2.45, 2.75) is 30.7 Å². The van der Waals surface area contributed by atoms with Crippen LogP contribution in [0.3, 0.4) is 0 Å². The van der Waals surface area contributed by atoms with Gasteiger partial charge in [-0.25, -0.2) is 8.42 Å². The van der Waals surface area contributed by atoms with Crippen LogP contribution in [0.1, 0.15) is 23.1 Å². The number of aryl methyl sites for hydroxylation is 1. The third kappa shape index (κ3) is 5.27. The Labute approximate surface area is 213 Å². The highest BCUT2D eigenvalue weighted by Gasteiger charge is 2.29. The van der Waals surface area contributed by atoms with E-state index in [0.717, 1.165) is 49.8 Å². The van der Waals surface area contributed by atoms with Gasteiger partial charge in [0.15, 0.2) is 0 Å². The van der Waals surface area contributed by atoms with Crippen molar-refractivity contribution in [2.75, 3.05) is 32.7 Å². The van der Waals surface area contributed by atoms with Crippen LogP contribution in [0.5, 0.6) is 0 Å². The van der Waals surface area contributed by atoms with E-state index in [1.807, 2.05) is 18.2 Å². The molecule has 5 rings (SSSR count). The molecule has 1 aliphatic carbocycles. The molecule has 1 heterocycles. The molecule has 2 aliphatic rings. The maximum Gasteiger partial charge on any atom is 0.243 e. The van der Waals surface area contributed by atoms with E-state index >= 15 is 0 Å². The summed E-state index contributed by atoms with van der Waals surface area (Å²) in [6.07, 6.45) is 3.37. The number of halogens is 2. The van der Waals surface area contributed by atoms with Crippen LogP contribution in [0.15, 0.2) is 59.5 Å². The lowest BCUT2D eigenvalue weighted by atomic mass is 9.83. The SMILES string of the molecule is Cl.NC[C@H]1CCc2cc(CN3CCN(S(=O)(=O)c4ccc5cc(Cl)ccc5c4)CC3)ccc2C1. The average molecular weight is 521 g/mol. The van der Waals surface area contributed by atoms with Gasteiger partial charge in [0, 0.05) is 37.7 Å². The summed E-state index contributed by atoms with van der Waals surface area (Å²) in [5.74, 6) is 0.610. The Kier molecular flexibility index (Phi) is 7.87. The Bertz CT molecular complexity index is 1270. The normalized spacial score (nSPS) is 19.5. The van der Waals surface area contributed by atoms with Crippen LogP contribution < -0.4 is 5.73 Å². The van der Waals surface area contributed by atoms with E-state index in [9.17, 15) is 8.42 Å². The molecule has 8 heteroatoms. The van der Waals surface area contributed by atoms with Crippen molar-refractivity contribution in [1.82, 2.24) is 9.21 Å². The van der Waals surface area contributed by atoms with Gasteiger partial charge in [-0.3, -0.25) is 4.90 Å². The van der Waals surface area contributed by atoms with Gasteiger partial charge in [-0.15, -0.1) is 12.4 Å². The fourth-order valence-electron chi connectivity index (χ4n) is 5.07. The average Bonchev–Trinajstić information content (AvgIpc) is 2.83. The first-order chi connectivity index (χ1) is 15.9. The Morgan fingerprint density at radius 1 is 0.912 bits per heavy atom. The number of nitrogens with zero attached hydrogens (tertiary/aromatic N) is 2. The van der Waals surface area contributed by atoms with Crippen molar-refractivity contribution in [2.24, 2.45) is 11.7 Å². The quantitative estimate of drug-likeness (QED) is 0.539. The van der Waals surface area contributed by atoms with Gasteiger partial charge in [0.05, 0.1) is 4.90 Å². The summed E-state index contributed by atoms with van der Waals surface area (Å²) in [7, 11) is -3.52. The van der Waals surface area contributed by atoms with Crippen LogP contribution in [0.25, 0.3) is 10.8 Å². The van der Waals surface area contributed by atoms with E-state index in [1.165, 1.54) is 23.1 Å². The Hall–Kier alpha value is -1.67. The lowest BCUT2D eigenvalue weighted by Crippen LogP contribution is -2.48. The molecule has 2 N–H and O–H groups in total. The van der Waals surface area contributed by atoms with Gasteiger partial charge in [-0.2, -0.15) is 4.31 Å². The highest BCUT2D eigenvalue weighted by atomic mass is 35.5. The molecule has 0 amide bonds. The summed E-state index contributed by atoms with van der Waals surface area (Å²) in [5.41, 5.74) is 10.1. The number of benzene rings is 3. The van der Waals surface area contributed by atoms with E-state index in [2.05, 4.69) is 23.1 Å². The molecule has 0 aromatic heterocycles. The predicted molar refractivity (Wildman–Crippen MR) is 141 cm³/mol. The van der Waals surface area contributed by atoms with Gasteiger partial charge < -0.3 is 5.73 Å². The molecule has 1 atom stereocenters. The molecule has 0 radical (unpaired) electrons. The molecular weight excluding hydrogens is 489 g/mol. The van der Waals surface area contributed by atoms with Gasteiger partial charge in [-0.05, 0) is 83.5 Å². The highest BCUT2D eigenvalue weighted by Crippen LogP contribution is 2.28. The zero-order valence-corrected chi connectivity index (χ0v) is 21.5. The van der Waals surface area contributed by atoms with E-state index < -0.39 is 10.0 Å². The minimum Gasteiger partial charge on any atom is -0.330 e. The second-order valence-electron chi connectivity index (χ2n) is 9.28. The van der Waals surface area contributed by atoms with Gasteiger partial charge in [0.25, 0.3) is 0 Å². The Morgan fingerprint density at radius 3 is 2.41 bits per heavy atom. The number of nitrogens with two attached hydrogens (primary N) is 1. The fourth-order valence-corrected chi connectivity index (χ4v) is 6.71. The molecule has 182 valence electrons. The summed E-state index contributed by atoms with van der Waals surface area (Å²) in [5, 5.41) is 2.46. The summed E-state index contributed by atoms with van der Waals surface area (Å²) in [6.45, 7) is 4.10. The van der Waals surface area contributed by atoms with Crippen LogP contribution >= 0.6 is 24.0 Å².